The maximum absolute atomic E-state index is 2.36. The summed E-state index contributed by atoms with van der Waals surface area (Å²) < 4.78 is 0. The van der Waals surface area contributed by atoms with Crippen LogP contribution in [0.5, 0.6) is 0 Å². The maximum atomic E-state index is 2.36. The predicted molar refractivity (Wildman–Crippen MR) is 98.8 cm³/mol. The minimum Gasteiger partial charge on any atom is -0.0619 e. The van der Waals surface area contributed by atoms with Gasteiger partial charge >= 0.3 is 0 Å². The van der Waals surface area contributed by atoms with Crippen molar-refractivity contribution < 1.29 is 0 Å². The second kappa shape index (κ2) is 5.09. The van der Waals surface area contributed by atoms with Crippen LogP contribution in [-0.2, 0) is 11.8 Å². The third-order valence-corrected chi connectivity index (χ3v) is 4.86. The van der Waals surface area contributed by atoms with Gasteiger partial charge in [-0.25, -0.2) is 0 Å². The molecule has 0 aliphatic heterocycles. The molecule has 0 bridgehead atoms. The molecular formula is C23H22. The Morgan fingerprint density at radius 2 is 1.39 bits per heavy atom. The Labute approximate surface area is 138 Å². The SMILES string of the molecule is CC(C)(C)c1cccc(-c2cccc3c2-c2ccccc2C3)c1. The van der Waals surface area contributed by atoms with Gasteiger partial charge in [-0.2, -0.15) is 0 Å². The Balaban J connectivity index is 1.92. The van der Waals surface area contributed by atoms with Crippen molar-refractivity contribution in [2.75, 3.05) is 0 Å². The van der Waals surface area contributed by atoms with Crippen molar-refractivity contribution in [2.24, 2.45) is 0 Å². The fraction of sp³-hybridized carbons (Fsp3) is 0.217. The van der Waals surface area contributed by atoms with Crippen LogP contribution >= 0.6 is 0 Å². The molecule has 0 heteroatoms. The summed E-state index contributed by atoms with van der Waals surface area (Å²) in [6.07, 6.45) is 1.05. The summed E-state index contributed by atoms with van der Waals surface area (Å²) in [5.74, 6) is 0. The van der Waals surface area contributed by atoms with Gasteiger partial charge in [0.25, 0.3) is 0 Å². The Morgan fingerprint density at radius 1 is 0.696 bits per heavy atom. The zero-order valence-corrected chi connectivity index (χ0v) is 14.1. The summed E-state index contributed by atoms with van der Waals surface area (Å²) in [5, 5.41) is 0. The summed E-state index contributed by atoms with van der Waals surface area (Å²) >= 11 is 0. The number of hydrogen-bond donors (Lipinski definition) is 0. The molecule has 0 saturated heterocycles. The fourth-order valence-corrected chi connectivity index (χ4v) is 3.58. The van der Waals surface area contributed by atoms with Crippen LogP contribution in [0.2, 0.25) is 0 Å². The van der Waals surface area contributed by atoms with Crippen molar-refractivity contribution in [1.29, 1.82) is 0 Å². The molecule has 4 rings (SSSR count). The summed E-state index contributed by atoms with van der Waals surface area (Å²) in [4.78, 5) is 0. The zero-order valence-electron chi connectivity index (χ0n) is 14.1. The van der Waals surface area contributed by atoms with Gasteiger partial charge in [-0.1, -0.05) is 87.5 Å². The highest BCUT2D eigenvalue weighted by Gasteiger charge is 2.22. The van der Waals surface area contributed by atoms with E-state index in [4.69, 9.17) is 0 Å². The molecule has 0 N–H and O–H groups in total. The second-order valence-corrected chi connectivity index (χ2v) is 7.50. The van der Waals surface area contributed by atoms with Crippen molar-refractivity contribution in [3.8, 4) is 22.3 Å². The average molecular weight is 298 g/mol. The van der Waals surface area contributed by atoms with Gasteiger partial charge < -0.3 is 0 Å². The Bertz CT molecular complexity index is 879. The molecule has 0 saturated carbocycles. The first kappa shape index (κ1) is 14.3. The summed E-state index contributed by atoms with van der Waals surface area (Å²) in [7, 11) is 0. The zero-order chi connectivity index (χ0) is 16.0. The van der Waals surface area contributed by atoms with Crippen LogP contribution in [0.4, 0.5) is 0 Å². The quantitative estimate of drug-likeness (QED) is 0.391. The molecule has 0 aromatic heterocycles. The van der Waals surface area contributed by atoms with E-state index in [0.717, 1.165) is 6.42 Å². The van der Waals surface area contributed by atoms with Crippen molar-refractivity contribution in [3.05, 3.63) is 83.4 Å². The molecule has 0 nitrogen and oxygen atoms in total. The van der Waals surface area contributed by atoms with Gasteiger partial charge in [-0.15, -0.1) is 0 Å². The summed E-state index contributed by atoms with van der Waals surface area (Å²) in [6, 6.07) is 24.6. The van der Waals surface area contributed by atoms with Crippen LogP contribution < -0.4 is 0 Å². The van der Waals surface area contributed by atoms with E-state index in [1.165, 1.54) is 38.9 Å². The lowest BCUT2D eigenvalue weighted by atomic mass is 9.84. The van der Waals surface area contributed by atoms with Crippen LogP contribution in [0.3, 0.4) is 0 Å². The third kappa shape index (κ3) is 2.39. The smallest absolute Gasteiger partial charge is 0.00132 e. The molecule has 0 amide bonds. The van der Waals surface area contributed by atoms with E-state index in [0.29, 0.717) is 0 Å². The van der Waals surface area contributed by atoms with Gasteiger partial charge in [0.2, 0.25) is 0 Å². The molecule has 3 aromatic carbocycles. The molecule has 0 radical (unpaired) electrons. The van der Waals surface area contributed by atoms with Crippen LogP contribution in [0.15, 0.2) is 66.7 Å². The van der Waals surface area contributed by atoms with Gasteiger partial charge in [0, 0.05) is 0 Å². The van der Waals surface area contributed by atoms with Crippen LogP contribution in [0.1, 0.15) is 37.5 Å². The molecule has 0 unspecified atom stereocenters. The van der Waals surface area contributed by atoms with Gasteiger partial charge in [0.05, 0.1) is 0 Å². The van der Waals surface area contributed by atoms with Gasteiger partial charge in [0.1, 0.15) is 0 Å². The number of fused-ring (bicyclic) bond motifs is 3. The van der Waals surface area contributed by atoms with E-state index >= 15 is 0 Å². The highest BCUT2D eigenvalue weighted by atomic mass is 14.3. The van der Waals surface area contributed by atoms with Gasteiger partial charge in [0.15, 0.2) is 0 Å². The van der Waals surface area contributed by atoms with E-state index in [9.17, 15) is 0 Å². The van der Waals surface area contributed by atoms with Gasteiger partial charge in [-0.3, -0.25) is 0 Å². The second-order valence-electron chi connectivity index (χ2n) is 7.50. The lowest BCUT2D eigenvalue weighted by molar-refractivity contribution is 0.590. The van der Waals surface area contributed by atoms with Crippen LogP contribution in [0.25, 0.3) is 22.3 Å². The molecule has 3 aromatic rings. The van der Waals surface area contributed by atoms with Crippen molar-refractivity contribution in [2.45, 2.75) is 32.6 Å². The normalized spacial score (nSPS) is 12.8. The number of hydrogen-bond acceptors (Lipinski definition) is 0. The highest BCUT2D eigenvalue weighted by molar-refractivity contribution is 5.90. The van der Waals surface area contributed by atoms with E-state index in [1.54, 1.807) is 0 Å². The number of benzene rings is 3. The highest BCUT2D eigenvalue weighted by Crippen LogP contribution is 2.43. The van der Waals surface area contributed by atoms with Crippen LogP contribution in [0, 0.1) is 0 Å². The molecule has 0 fully saturated rings. The minimum absolute atomic E-state index is 0.172. The van der Waals surface area contributed by atoms with E-state index < -0.39 is 0 Å². The standard InChI is InChI=1S/C23H22/c1-23(2,3)19-11-6-9-17(15-19)21-13-7-10-18-14-16-8-4-5-12-20(16)22(18)21/h4-13,15H,14H2,1-3H3. The van der Waals surface area contributed by atoms with Crippen LogP contribution in [-0.4, -0.2) is 0 Å². The molecule has 0 atom stereocenters. The Kier molecular flexibility index (Phi) is 3.16. The van der Waals surface area contributed by atoms with Crippen molar-refractivity contribution in [1.82, 2.24) is 0 Å². The summed E-state index contributed by atoms with van der Waals surface area (Å²) in [6.45, 7) is 6.82. The molecule has 1 aliphatic carbocycles. The molecule has 23 heavy (non-hydrogen) atoms. The first-order chi connectivity index (χ1) is 11.0. The third-order valence-electron chi connectivity index (χ3n) is 4.86. The number of rotatable bonds is 1. The Morgan fingerprint density at radius 3 is 2.22 bits per heavy atom. The van der Waals surface area contributed by atoms with E-state index in [-0.39, 0.29) is 5.41 Å². The van der Waals surface area contributed by atoms with E-state index in [2.05, 4.69) is 87.5 Å². The van der Waals surface area contributed by atoms with Crippen molar-refractivity contribution in [3.63, 3.8) is 0 Å². The monoisotopic (exact) mass is 298 g/mol. The lowest BCUT2D eigenvalue weighted by Gasteiger charge is -2.20. The molecule has 114 valence electrons. The average Bonchev–Trinajstić information content (AvgIpc) is 2.93. The predicted octanol–water partition coefficient (Wildman–Crippen LogP) is 6.22. The topological polar surface area (TPSA) is 0 Å². The Hall–Kier alpha value is -2.34. The van der Waals surface area contributed by atoms with E-state index in [1.807, 2.05) is 0 Å². The molecular weight excluding hydrogens is 276 g/mol. The maximum Gasteiger partial charge on any atom is -0.00132 e. The first-order valence-electron chi connectivity index (χ1n) is 8.35. The largest absolute Gasteiger partial charge is 0.0619 e. The first-order valence-corrected chi connectivity index (χ1v) is 8.35. The minimum atomic E-state index is 0.172. The fourth-order valence-electron chi connectivity index (χ4n) is 3.58. The van der Waals surface area contributed by atoms with Crippen molar-refractivity contribution >= 4 is 0 Å². The van der Waals surface area contributed by atoms with Gasteiger partial charge in [-0.05, 0) is 50.8 Å². The lowest BCUT2D eigenvalue weighted by Crippen LogP contribution is -2.10. The molecule has 0 heterocycles. The molecule has 1 aliphatic rings. The summed E-state index contributed by atoms with van der Waals surface area (Å²) in [5.41, 5.74) is 9.97. The molecule has 0 spiro atoms.